The Balaban J connectivity index is 1.55. The number of methoxy groups -OCH3 is 1. The highest BCUT2D eigenvalue weighted by atomic mass is 32.2. The quantitative estimate of drug-likeness (QED) is 0.422. The van der Waals surface area contributed by atoms with E-state index in [4.69, 9.17) is 4.74 Å². The third-order valence-corrected chi connectivity index (χ3v) is 10.9. The van der Waals surface area contributed by atoms with Crippen LogP contribution < -0.4 is 9.46 Å². The zero-order chi connectivity index (χ0) is 30.3. The summed E-state index contributed by atoms with van der Waals surface area (Å²) in [6.07, 6.45) is 9.58. The van der Waals surface area contributed by atoms with E-state index in [1.807, 2.05) is 23.1 Å². The molecular weight excluding hydrogens is 564 g/mol. The minimum Gasteiger partial charge on any atom is -0.497 e. The number of aromatic nitrogens is 1. The molecule has 2 fully saturated rings. The predicted molar refractivity (Wildman–Crippen MR) is 167 cm³/mol. The van der Waals surface area contributed by atoms with E-state index in [-0.39, 0.29) is 17.4 Å². The molecule has 3 heterocycles. The Hall–Kier alpha value is -3.37. The van der Waals surface area contributed by atoms with Crippen molar-refractivity contribution in [2.75, 3.05) is 34.3 Å². The number of fused-ring (bicyclic) bond motifs is 5. The van der Waals surface area contributed by atoms with Crippen LogP contribution in [0.3, 0.4) is 0 Å². The summed E-state index contributed by atoms with van der Waals surface area (Å²) < 4.78 is 36.0. The number of benzene rings is 2. The molecule has 1 aromatic heterocycles. The number of carbonyl (C=O) groups excluding carboxylic acids is 2. The third-order valence-electron chi connectivity index (χ3n) is 9.54. The molecular formula is C33H42N4O5S. The first-order valence-corrected chi connectivity index (χ1v) is 17.0. The number of nitrogens with one attached hydrogen (secondary N) is 1. The van der Waals surface area contributed by atoms with Crippen LogP contribution in [0.5, 0.6) is 5.75 Å². The van der Waals surface area contributed by atoms with Crippen LogP contribution in [0.25, 0.3) is 22.2 Å². The number of hydrogen-bond donors (Lipinski definition) is 1. The van der Waals surface area contributed by atoms with Crippen molar-refractivity contribution in [3.05, 3.63) is 53.1 Å². The molecule has 2 aromatic carbocycles. The fraction of sp³-hybridized carbons (Fsp3) is 0.515. The van der Waals surface area contributed by atoms with Gasteiger partial charge in [0.2, 0.25) is 5.91 Å². The molecule has 1 saturated heterocycles. The molecule has 1 aliphatic carbocycles. The first-order chi connectivity index (χ1) is 20.7. The van der Waals surface area contributed by atoms with Crippen molar-refractivity contribution < 1.29 is 22.7 Å². The lowest BCUT2D eigenvalue weighted by atomic mass is 9.81. The number of likely N-dealkylation sites (tertiary alicyclic amines) is 1. The molecule has 6 rings (SSSR count). The lowest BCUT2D eigenvalue weighted by molar-refractivity contribution is -0.136. The number of ether oxygens (including phenoxy) is 1. The maximum Gasteiger partial charge on any atom is 0.303 e. The molecule has 3 aromatic rings. The van der Waals surface area contributed by atoms with Crippen molar-refractivity contribution in [2.24, 2.45) is 5.92 Å². The lowest BCUT2D eigenvalue weighted by Crippen LogP contribution is -2.41. The van der Waals surface area contributed by atoms with E-state index >= 15 is 0 Å². The molecule has 1 unspecified atom stereocenters. The zero-order valence-corrected chi connectivity index (χ0v) is 26.2. The van der Waals surface area contributed by atoms with E-state index in [0.717, 1.165) is 83.0 Å². The molecule has 2 aliphatic heterocycles. The number of carbonyl (C=O) groups is 2. The number of hydrogen-bond acceptors (Lipinski definition) is 5. The van der Waals surface area contributed by atoms with Crippen LogP contribution in [0.2, 0.25) is 0 Å². The monoisotopic (exact) mass is 606 g/mol. The van der Waals surface area contributed by atoms with Gasteiger partial charge in [0, 0.05) is 55.8 Å². The molecule has 2 amide bonds. The van der Waals surface area contributed by atoms with Crippen molar-refractivity contribution in [1.82, 2.24) is 18.5 Å². The van der Waals surface area contributed by atoms with Gasteiger partial charge >= 0.3 is 10.2 Å². The summed E-state index contributed by atoms with van der Waals surface area (Å²) in [6, 6.07) is 11.7. The Morgan fingerprint density at radius 2 is 1.67 bits per heavy atom. The summed E-state index contributed by atoms with van der Waals surface area (Å²) in [5, 5.41) is 1.07. The van der Waals surface area contributed by atoms with E-state index in [1.54, 1.807) is 13.2 Å². The van der Waals surface area contributed by atoms with Gasteiger partial charge in [0.25, 0.3) is 5.91 Å². The third kappa shape index (κ3) is 5.67. The van der Waals surface area contributed by atoms with Gasteiger partial charge in [-0.1, -0.05) is 25.3 Å². The fourth-order valence-electron chi connectivity index (χ4n) is 7.25. The summed E-state index contributed by atoms with van der Waals surface area (Å²) >= 11 is 0. The molecule has 1 N–H and O–H groups in total. The Morgan fingerprint density at radius 3 is 2.37 bits per heavy atom. The van der Waals surface area contributed by atoms with Crippen LogP contribution in [0.15, 0.2) is 36.4 Å². The molecule has 10 heteroatoms. The van der Waals surface area contributed by atoms with Crippen LogP contribution in [0.1, 0.15) is 78.8 Å². The van der Waals surface area contributed by atoms with Gasteiger partial charge in [-0.15, -0.1) is 0 Å². The van der Waals surface area contributed by atoms with Crippen molar-refractivity contribution in [3.8, 4) is 17.0 Å². The van der Waals surface area contributed by atoms with Crippen molar-refractivity contribution in [2.45, 2.75) is 70.3 Å². The summed E-state index contributed by atoms with van der Waals surface area (Å²) in [4.78, 5) is 29.3. The molecule has 0 spiro atoms. The average Bonchev–Trinajstić information content (AvgIpc) is 3.23. The van der Waals surface area contributed by atoms with E-state index in [0.29, 0.717) is 18.9 Å². The highest BCUT2D eigenvalue weighted by Crippen LogP contribution is 2.47. The first-order valence-electron chi connectivity index (χ1n) is 15.5. The van der Waals surface area contributed by atoms with Gasteiger partial charge in [-0.3, -0.25) is 9.59 Å². The highest BCUT2D eigenvalue weighted by Gasteiger charge is 2.35. The molecule has 0 bridgehead atoms. The van der Waals surface area contributed by atoms with Crippen LogP contribution in [-0.2, 0) is 28.0 Å². The van der Waals surface area contributed by atoms with Gasteiger partial charge in [-0.05, 0) is 85.9 Å². The normalized spacial score (nSPS) is 19.5. The van der Waals surface area contributed by atoms with Gasteiger partial charge in [0.1, 0.15) is 5.75 Å². The molecule has 9 nitrogen and oxygen atoms in total. The fourth-order valence-corrected chi connectivity index (χ4v) is 7.79. The van der Waals surface area contributed by atoms with E-state index < -0.39 is 16.1 Å². The second-order valence-electron chi connectivity index (χ2n) is 12.5. The molecule has 43 heavy (non-hydrogen) atoms. The van der Waals surface area contributed by atoms with E-state index in [1.165, 1.54) is 38.9 Å². The van der Waals surface area contributed by atoms with Crippen molar-refractivity contribution in [3.63, 3.8) is 0 Å². The second kappa shape index (κ2) is 12.0. The first kappa shape index (κ1) is 29.7. The lowest BCUT2D eigenvalue weighted by Gasteiger charge is -2.30. The molecule has 1 saturated carbocycles. The SMILES string of the molecule is COc1ccc2c(c1)CC(C(=O)N1CCCCC1)Cn1c-2c(C2CCCCC2)c2ccc(C(=O)NS(=O)(=O)N(C)C)cc21. The van der Waals surface area contributed by atoms with E-state index in [9.17, 15) is 18.0 Å². The second-order valence-corrected chi connectivity index (χ2v) is 14.4. The summed E-state index contributed by atoms with van der Waals surface area (Å²) in [5.74, 6) is 0.364. The largest absolute Gasteiger partial charge is 0.497 e. The van der Waals surface area contributed by atoms with Gasteiger partial charge in [0.15, 0.2) is 0 Å². The van der Waals surface area contributed by atoms with Gasteiger partial charge in [-0.2, -0.15) is 12.7 Å². The smallest absolute Gasteiger partial charge is 0.303 e. The molecule has 0 radical (unpaired) electrons. The van der Waals surface area contributed by atoms with E-state index in [2.05, 4.69) is 21.4 Å². The Morgan fingerprint density at radius 1 is 0.953 bits per heavy atom. The predicted octanol–water partition coefficient (Wildman–Crippen LogP) is 5.09. The van der Waals surface area contributed by atoms with Gasteiger partial charge in [0.05, 0.1) is 18.7 Å². The Labute approximate surface area is 254 Å². The standard InChI is InChI=1S/C33H42N4O5S/c1-35(2)43(40,41)34-32(38)23-12-14-28-29(20-23)37-21-25(33(39)36-16-8-5-9-17-36)18-24-19-26(42-3)13-15-27(24)31(37)30(28)22-10-6-4-7-11-22/h12-15,19-20,22,25H,4-11,16-18,21H2,1-3H3,(H,34,38). The molecule has 3 aliphatic rings. The number of rotatable bonds is 6. The van der Waals surface area contributed by atoms with Crippen molar-refractivity contribution >= 4 is 32.9 Å². The van der Waals surface area contributed by atoms with Crippen molar-refractivity contribution in [1.29, 1.82) is 0 Å². The van der Waals surface area contributed by atoms with Gasteiger partial charge < -0.3 is 14.2 Å². The minimum absolute atomic E-state index is 0.174. The van der Waals surface area contributed by atoms with Crippen LogP contribution in [-0.4, -0.2) is 68.3 Å². The average molecular weight is 607 g/mol. The summed E-state index contributed by atoms with van der Waals surface area (Å²) in [6.45, 7) is 2.07. The Bertz CT molecular complexity index is 1650. The summed E-state index contributed by atoms with van der Waals surface area (Å²) in [5.41, 5.74) is 5.74. The maximum absolute atomic E-state index is 14.1. The number of amides is 2. The van der Waals surface area contributed by atoms with Crippen LogP contribution >= 0.6 is 0 Å². The zero-order valence-electron chi connectivity index (χ0n) is 25.4. The maximum atomic E-state index is 14.1. The number of nitrogens with zero attached hydrogens (tertiary/aromatic N) is 3. The molecule has 230 valence electrons. The minimum atomic E-state index is -3.95. The Kier molecular flexibility index (Phi) is 8.26. The van der Waals surface area contributed by atoms with Gasteiger partial charge in [-0.25, -0.2) is 4.72 Å². The summed E-state index contributed by atoms with van der Waals surface area (Å²) in [7, 11) is 0.487. The van der Waals surface area contributed by atoms with Crippen LogP contribution in [0, 0.1) is 5.92 Å². The topological polar surface area (TPSA) is 101 Å². The molecule has 1 atom stereocenters. The number of piperidine rings is 1. The highest BCUT2D eigenvalue weighted by molar-refractivity contribution is 7.87. The van der Waals surface area contributed by atoms with Crippen LogP contribution in [0.4, 0.5) is 0 Å².